The SMILES string of the molecule is CCC(=O)c1c(-c2ccc(F)cc2)oc2cc(NCCCF)c(-c3cccc(C(=O)O)c3)cc12.CCC(=O)c1c(-c2ccc(F)cc2)oc2cc(NCCCF)c(-c3cccc(C(=O)OC)c3)cc12. The Labute approximate surface area is 394 Å². The van der Waals surface area contributed by atoms with E-state index in [0.29, 0.717) is 110 Å². The van der Waals surface area contributed by atoms with Gasteiger partial charge in [-0.1, -0.05) is 38.1 Å². The topological polar surface area (TPSA) is 148 Å². The number of alkyl halides is 2. The number of methoxy groups -OCH3 is 1. The van der Waals surface area contributed by atoms with Crippen LogP contribution in [-0.4, -0.2) is 62.2 Å². The van der Waals surface area contributed by atoms with Gasteiger partial charge in [0.1, 0.15) is 34.3 Å². The van der Waals surface area contributed by atoms with Crippen molar-refractivity contribution in [3.8, 4) is 44.9 Å². The number of nitrogens with one attached hydrogen (secondary N) is 2. The van der Waals surface area contributed by atoms with E-state index in [4.69, 9.17) is 13.6 Å². The molecule has 2 aromatic heterocycles. The first-order valence-electron chi connectivity index (χ1n) is 22.3. The second kappa shape index (κ2) is 22.2. The molecule has 0 aliphatic heterocycles. The Morgan fingerprint density at radius 1 is 0.565 bits per heavy atom. The Hall–Kier alpha value is -8.00. The van der Waals surface area contributed by atoms with Gasteiger partial charge in [-0.2, -0.15) is 0 Å². The fourth-order valence-corrected chi connectivity index (χ4v) is 7.90. The number of anilines is 2. The molecular weight excluding hydrogens is 893 g/mol. The van der Waals surface area contributed by atoms with Crippen LogP contribution in [0.2, 0.25) is 0 Å². The zero-order valence-electron chi connectivity index (χ0n) is 38.0. The number of hydrogen-bond donors (Lipinski definition) is 3. The summed E-state index contributed by atoms with van der Waals surface area (Å²) < 4.78 is 69.6. The third-order valence-corrected chi connectivity index (χ3v) is 11.3. The second-order valence-corrected chi connectivity index (χ2v) is 15.9. The van der Waals surface area contributed by atoms with Gasteiger partial charge in [-0.05, 0) is 109 Å². The maximum atomic E-state index is 13.5. The van der Waals surface area contributed by atoms with Crippen LogP contribution in [0.4, 0.5) is 28.9 Å². The van der Waals surface area contributed by atoms with Gasteiger partial charge < -0.3 is 29.3 Å². The Bertz CT molecular complexity index is 3160. The van der Waals surface area contributed by atoms with Crippen LogP contribution in [0.3, 0.4) is 0 Å². The Morgan fingerprint density at radius 2 is 0.986 bits per heavy atom. The van der Waals surface area contributed by atoms with E-state index >= 15 is 0 Å². The van der Waals surface area contributed by atoms with Gasteiger partial charge in [0.2, 0.25) is 0 Å². The highest BCUT2D eigenvalue weighted by molar-refractivity contribution is 6.15. The van der Waals surface area contributed by atoms with Crippen molar-refractivity contribution in [3.05, 3.63) is 155 Å². The molecule has 10 nitrogen and oxygen atoms in total. The van der Waals surface area contributed by atoms with Crippen molar-refractivity contribution >= 4 is 56.8 Å². The van der Waals surface area contributed by atoms with Crippen LogP contribution in [-0.2, 0) is 4.74 Å². The number of hydrogen-bond acceptors (Lipinski definition) is 9. The molecule has 6 aromatic carbocycles. The van der Waals surface area contributed by atoms with Crippen molar-refractivity contribution in [2.24, 2.45) is 0 Å². The van der Waals surface area contributed by atoms with Gasteiger partial charge in [-0.25, -0.2) is 18.4 Å². The second-order valence-electron chi connectivity index (χ2n) is 15.9. The maximum Gasteiger partial charge on any atom is 0.337 e. The molecule has 69 heavy (non-hydrogen) atoms. The fraction of sp³-hybridized carbons (Fsp3) is 0.200. The number of aromatic carboxylic acids is 1. The minimum absolute atomic E-state index is 0.115. The van der Waals surface area contributed by atoms with Crippen molar-refractivity contribution in [1.29, 1.82) is 0 Å². The maximum absolute atomic E-state index is 13.5. The molecule has 0 amide bonds. The highest BCUT2D eigenvalue weighted by Crippen LogP contribution is 2.42. The first-order chi connectivity index (χ1) is 33.4. The van der Waals surface area contributed by atoms with Crippen molar-refractivity contribution in [2.45, 2.75) is 39.5 Å². The summed E-state index contributed by atoms with van der Waals surface area (Å²) in [6, 6.07) is 32.0. The fourth-order valence-electron chi connectivity index (χ4n) is 7.90. The number of carbonyl (C=O) groups excluding carboxylic acids is 3. The van der Waals surface area contributed by atoms with Gasteiger partial charge in [0.15, 0.2) is 11.6 Å². The number of Topliss-reactive ketones (excluding diaryl/α,β-unsaturated/α-hetero) is 2. The van der Waals surface area contributed by atoms with Crippen LogP contribution in [0.15, 0.2) is 130 Å². The van der Waals surface area contributed by atoms with E-state index in [1.54, 1.807) is 92.7 Å². The summed E-state index contributed by atoms with van der Waals surface area (Å²) in [5, 5.41) is 17.0. The summed E-state index contributed by atoms with van der Waals surface area (Å²) in [6.07, 6.45) is 1.11. The molecule has 0 aliphatic rings. The van der Waals surface area contributed by atoms with Crippen LogP contribution >= 0.6 is 0 Å². The zero-order chi connectivity index (χ0) is 49.2. The molecule has 8 aromatic rings. The predicted octanol–water partition coefficient (Wildman–Crippen LogP) is 14.0. The number of ether oxygens (including phenoxy) is 1. The first kappa shape index (κ1) is 48.9. The summed E-state index contributed by atoms with van der Waals surface area (Å²) in [4.78, 5) is 49.6. The van der Waals surface area contributed by atoms with Crippen LogP contribution in [0, 0.1) is 11.6 Å². The van der Waals surface area contributed by atoms with E-state index in [0.717, 1.165) is 11.1 Å². The van der Waals surface area contributed by atoms with Gasteiger partial charge >= 0.3 is 11.9 Å². The summed E-state index contributed by atoms with van der Waals surface area (Å²) in [7, 11) is 1.32. The lowest BCUT2D eigenvalue weighted by atomic mass is 9.95. The molecule has 0 atom stereocenters. The number of esters is 1. The molecule has 0 spiro atoms. The third kappa shape index (κ3) is 10.9. The summed E-state index contributed by atoms with van der Waals surface area (Å²) >= 11 is 0. The highest BCUT2D eigenvalue weighted by Gasteiger charge is 2.25. The van der Waals surface area contributed by atoms with E-state index in [-0.39, 0.29) is 35.8 Å². The monoisotopic (exact) mass is 940 g/mol. The molecule has 3 N–H and O–H groups in total. The quantitative estimate of drug-likeness (QED) is 0.0329. The summed E-state index contributed by atoms with van der Waals surface area (Å²) in [5.41, 5.74) is 7.38. The molecule has 0 unspecified atom stereocenters. The predicted molar refractivity (Wildman–Crippen MR) is 260 cm³/mol. The first-order valence-corrected chi connectivity index (χ1v) is 22.3. The number of carbonyl (C=O) groups is 4. The molecule has 14 heteroatoms. The van der Waals surface area contributed by atoms with Gasteiger partial charge in [0.05, 0.1) is 42.7 Å². The molecule has 0 radical (unpaired) electrons. The largest absolute Gasteiger partial charge is 0.478 e. The minimum atomic E-state index is -1.06. The molecule has 0 saturated heterocycles. The third-order valence-electron chi connectivity index (χ3n) is 11.3. The molecule has 8 rings (SSSR count). The number of furan rings is 2. The van der Waals surface area contributed by atoms with Crippen LogP contribution in [0.1, 0.15) is 81.0 Å². The van der Waals surface area contributed by atoms with Gasteiger partial charge in [-0.15, -0.1) is 0 Å². The molecule has 0 bridgehead atoms. The Balaban J connectivity index is 0.000000204. The zero-order valence-corrected chi connectivity index (χ0v) is 38.0. The number of benzene rings is 6. The van der Waals surface area contributed by atoms with E-state index in [1.165, 1.54) is 37.4 Å². The van der Waals surface area contributed by atoms with Crippen molar-refractivity contribution < 1.29 is 55.4 Å². The van der Waals surface area contributed by atoms with Crippen molar-refractivity contribution in [3.63, 3.8) is 0 Å². The Kier molecular flexibility index (Phi) is 15.7. The smallest absolute Gasteiger partial charge is 0.337 e. The average molecular weight is 941 g/mol. The van der Waals surface area contributed by atoms with Crippen molar-refractivity contribution in [1.82, 2.24) is 0 Å². The number of halogens is 4. The molecule has 0 fully saturated rings. The summed E-state index contributed by atoms with van der Waals surface area (Å²) in [6.45, 7) is 3.32. The van der Waals surface area contributed by atoms with E-state index in [2.05, 4.69) is 10.6 Å². The normalized spacial score (nSPS) is 11.0. The van der Waals surface area contributed by atoms with E-state index in [1.807, 2.05) is 12.1 Å². The summed E-state index contributed by atoms with van der Waals surface area (Å²) in [5.74, 6) is -1.86. The number of carboxylic acid groups (broad SMARTS) is 1. The molecule has 0 aliphatic carbocycles. The highest BCUT2D eigenvalue weighted by atomic mass is 19.1. The van der Waals surface area contributed by atoms with Crippen LogP contribution in [0.25, 0.3) is 66.8 Å². The molecule has 0 saturated carbocycles. The minimum Gasteiger partial charge on any atom is -0.478 e. The van der Waals surface area contributed by atoms with E-state index in [9.17, 15) is 41.8 Å². The average Bonchev–Trinajstić information content (AvgIpc) is 3.94. The lowest BCUT2D eigenvalue weighted by Gasteiger charge is -2.13. The molecular formula is C55H48F4N2O8. The van der Waals surface area contributed by atoms with Gasteiger partial charge in [0.25, 0.3) is 0 Å². The van der Waals surface area contributed by atoms with Gasteiger partial charge in [-0.3, -0.25) is 18.4 Å². The number of carboxylic acids is 1. The molecule has 354 valence electrons. The Morgan fingerprint density at radius 3 is 1.38 bits per heavy atom. The van der Waals surface area contributed by atoms with Crippen molar-refractivity contribution in [2.75, 3.05) is 44.2 Å². The lowest BCUT2D eigenvalue weighted by molar-refractivity contribution is 0.0599. The standard InChI is InChI=1S/C28H25F2NO4.C27H23F2NO4/c1-3-24(32)26-22-15-21(18-6-4-7-19(14-18)28(33)34-2)23(31-13-5-12-29)16-25(22)35-27(26)17-8-10-20(30)11-9-17;1-2-23(31)25-21-14-20(17-5-3-6-18(13-17)27(32)33)22(30-12-4-11-28)15-24(21)34-26(25)16-7-9-19(29)10-8-16/h4,6-11,14-16,31H,3,5,12-13H2,1-2H3;3,5-10,13-15,30H,2,4,11-12H2,1H3,(H,32,33). The van der Waals surface area contributed by atoms with E-state index < -0.39 is 31.1 Å². The molecule has 2 heterocycles. The van der Waals surface area contributed by atoms with Crippen LogP contribution < -0.4 is 10.6 Å². The lowest BCUT2D eigenvalue weighted by Crippen LogP contribution is -2.05. The number of ketones is 2. The van der Waals surface area contributed by atoms with Crippen LogP contribution in [0.5, 0.6) is 0 Å². The number of rotatable bonds is 18. The van der Waals surface area contributed by atoms with Gasteiger partial charge in [0, 0.05) is 82.5 Å². The number of fused-ring (bicyclic) bond motifs is 2.